The van der Waals surface area contributed by atoms with Crippen LogP contribution in [-0.2, 0) is 34.0 Å². The first-order valence-electron chi connectivity index (χ1n) is 18.4. The van der Waals surface area contributed by atoms with Crippen molar-refractivity contribution in [3.8, 4) is 11.1 Å². The third-order valence-electron chi connectivity index (χ3n) is 10.8. The van der Waals surface area contributed by atoms with Gasteiger partial charge in [0.2, 0.25) is 27.7 Å². The first-order valence-corrected chi connectivity index (χ1v) is 19.9. The van der Waals surface area contributed by atoms with Gasteiger partial charge in [-0.1, -0.05) is 99.5 Å². The van der Waals surface area contributed by atoms with Crippen molar-refractivity contribution in [2.75, 3.05) is 6.54 Å². The Morgan fingerprint density at radius 2 is 1.60 bits per heavy atom. The number of nitrogens with zero attached hydrogens (tertiary/aromatic N) is 2. The number of rotatable bonds is 6. The highest BCUT2D eigenvalue weighted by molar-refractivity contribution is 7.91. The van der Waals surface area contributed by atoms with Gasteiger partial charge in [-0.15, -0.1) is 0 Å². The number of hydrogen-bond acceptors (Lipinski definition) is 8. The van der Waals surface area contributed by atoms with Crippen LogP contribution in [0.4, 0.5) is 0 Å². The molecule has 7 rings (SSSR count). The van der Waals surface area contributed by atoms with E-state index in [9.17, 15) is 27.6 Å². The summed E-state index contributed by atoms with van der Waals surface area (Å²) < 4.78 is 27.8. The summed E-state index contributed by atoms with van der Waals surface area (Å²) in [6.45, 7) is 5.36. The highest BCUT2D eigenvalue weighted by Gasteiger charge is 2.62. The molecule has 2 unspecified atom stereocenters. The van der Waals surface area contributed by atoms with Crippen molar-refractivity contribution < 1.29 is 32.4 Å². The average Bonchev–Trinajstić information content (AvgIpc) is 4.01. The van der Waals surface area contributed by atoms with Crippen LogP contribution < -0.4 is 15.4 Å². The fraction of sp³-hybridized carbons (Fsp3) is 0.513. The topological polar surface area (TPSA) is 163 Å². The fourth-order valence-corrected chi connectivity index (χ4v) is 8.80. The van der Waals surface area contributed by atoms with E-state index in [-0.39, 0.29) is 25.3 Å². The summed E-state index contributed by atoms with van der Waals surface area (Å²) in [5, 5.41) is 9.85. The number of amides is 4. The molecule has 3 fully saturated rings. The Morgan fingerprint density at radius 1 is 0.942 bits per heavy atom. The van der Waals surface area contributed by atoms with Crippen molar-refractivity contribution in [1.29, 1.82) is 0 Å². The summed E-state index contributed by atoms with van der Waals surface area (Å²) in [6, 6.07) is 13.9. The van der Waals surface area contributed by atoms with Crippen LogP contribution in [-0.4, -0.2) is 78.2 Å². The minimum absolute atomic E-state index is 0.0253. The molecule has 2 aromatic carbocycles. The van der Waals surface area contributed by atoms with Crippen LogP contribution in [0, 0.1) is 11.3 Å². The zero-order chi connectivity index (χ0) is 36.8. The van der Waals surface area contributed by atoms with Crippen molar-refractivity contribution in [2.45, 2.75) is 108 Å². The number of nitrogens with one attached hydrogen (secondary N) is 3. The Labute approximate surface area is 304 Å². The van der Waals surface area contributed by atoms with Crippen molar-refractivity contribution in [3.63, 3.8) is 0 Å². The smallest absolute Gasteiger partial charge is 0.259 e. The summed E-state index contributed by atoms with van der Waals surface area (Å²) in [4.78, 5) is 63.3. The summed E-state index contributed by atoms with van der Waals surface area (Å²) >= 11 is 0. The molecule has 52 heavy (non-hydrogen) atoms. The molecule has 5 aliphatic rings. The second kappa shape index (κ2) is 13.8. The number of allylic oxidation sites excluding steroid dienone is 1. The number of sulfonamides is 1. The molecule has 0 radical (unpaired) electrons. The number of carbonyl (C=O) groups is 4. The van der Waals surface area contributed by atoms with E-state index in [4.69, 9.17) is 4.84 Å². The number of hydrogen-bond donors (Lipinski definition) is 3. The molecular weight excluding hydrogens is 683 g/mol. The monoisotopic (exact) mass is 729 g/mol. The lowest BCUT2D eigenvalue weighted by molar-refractivity contribution is -0.143. The van der Waals surface area contributed by atoms with Crippen LogP contribution in [0.2, 0.25) is 0 Å². The van der Waals surface area contributed by atoms with E-state index in [1.54, 1.807) is 20.8 Å². The summed E-state index contributed by atoms with van der Waals surface area (Å²) in [5.74, 6) is -2.45. The maximum absolute atomic E-state index is 14.5. The summed E-state index contributed by atoms with van der Waals surface area (Å²) in [6.07, 6.45) is 7.89. The Hall–Kier alpha value is -4.52. The van der Waals surface area contributed by atoms with Crippen LogP contribution >= 0.6 is 0 Å². The van der Waals surface area contributed by atoms with Gasteiger partial charge < -0.3 is 20.4 Å². The Morgan fingerprint density at radius 3 is 2.23 bits per heavy atom. The zero-order valence-corrected chi connectivity index (χ0v) is 30.7. The number of oxime groups is 1. The fourth-order valence-electron chi connectivity index (χ4n) is 7.43. The molecule has 0 bridgehead atoms. The van der Waals surface area contributed by atoms with E-state index in [1.165, 1.54) is 4.90 Å². The van der Waals surface area contributed by atoms with Gasteiger partial charge in [0.1, 0.15) is 29.4 Å². The van der Waals surface area contributed by atoms with Crippen LogP contribution in [0.15, 0.2) is 65.8 Å². The van der Waals surface area contributed by atoms with Gasteiger partial charge in [-0.3, -0.25) is 23.9 Å². The second-order valence-electron chi connectivity index (χ2n) is 15.8. The molecule has 5 atom stereocenters. The van der Waals surface area contributed by atoms with E-state index in [2.05, 4.69) is 20.5 Å². The van der Waals surface area contributed by atoms with Crippen molar-refractivity contribution >= 4 is 39.4 Å². The molecule has 0 aromatic heterocycles. The third-order valence-corrected chi connectivity index (χ3v) is 12.6. The predicted molar refractivity (Wildman–Crippen MR) is 195 cm³/mol. The molecule has 4 amide bonds. The van der Waals surface area contributed by atoms with Gasteiger partial charge in [0.25, 0.3) is 5.91 Å². The van der Waals surface area contributed by atoms with E-state index in [1.807, 2.05) is 60.7 Å². The van der Waals surface area contributed by atoms with E-state index in [0.717, 1.165) is 41.5 Å². The van der Waals surface area contributed by atoms with E-state index >= 15 is 0 Å². The second-order valence-corrected chi connectivity index (χ2v) is 17.8. The molecule has 13 heteroatoms. The largest absolute Gasteiger partial charge is 0.390 e. The van der Waals surface area contributed by atoms with Crippen LogP contribution in [0.25, 0.3) is 11.1 Å². The van der Waals surface area contributed by atoms with Gasteiger partial charge in [0.05, 0.1) is 11.8 Å². The van der Waals surface area contributed by atoms with Crippen LogP contribution in [0.1, 0.15) is 89.7 Å². The molecule has 2 saturated carbocycles. The van der Waals surface area contributed by atoms with Crippen molar-refractivity contribution in [3.05, 3.63) is 71.8 Å². The number of benzene rings is 2. The van der Waals surface area contributed by atoms with Gasteiger partial charge in [0, 0.05) is 28.9 Å². The summed E-state index contributed by atoms with van der Waals surface area (Å²) in [7, 11) is -3.87. The Bertz CT molecular complexity index is 1900. The molecule has 2 aliphatic heterocycles. The minimum atomic E-state index is -3.87. The molecule has 3 aliphatic carbocycles. The molecule has 1 saturated heterocycles. The lowest BCUT2D eigenvalue weighted by atomic mass is 9.94. The average molecular weight is 730 g/mol. The van der Waals surface area contributed by atoms with Gasteiger partial charge in [-0.05, 0) is 49.7 Å². The molecule has 3 N–H and O–H groups in total. The number of carbonyl (C=O) groups excluding carboxylic acids is 4. The Balaban J connectivity index is 1.19. The van der Waals surface area contributed by atoms with Gasteiger partial charge in [-0.2, -0.15) is 0 Å². The van der Waals surface area contributed by atoms with Gasteiger partial charge in [-0.25, -0.2) is 8.42 Å². The molecule has 2 heterocycles. The van der Waals surface area contributed by atoms with Crippen LogP contribution in [0.3, 0.4) is 0 Å². The van der Waals surface area contributed by atoms with Gasteiger partial charge >= 0.3 is 0 Å². The molecular formula is C39H47N5O7S. The first kappa shape index (κ1) is 35.9. The standard InChI is InChI=1S/C39H47N5O7S/c1-38(2,3)36(47)40-31-18-8-6-4-5-7-13-24-22-39(24,37(48)43-52(49,50)26-19-20-26)41-34(45)32-21-25(23-44(32)35(31)46)51-42-33-29-16-11-9-14-27(29)28-15-10-12-17-30(28)33/h7,9-17,24-26,31-32H,4-6,8,18-23H2,1-3H3,(H,40,47)(H,41,45)(H,43,48)/b13-7-/t24?,25-,31+,32+,39?/m1/s1. The molecule has 0 spiro atoms. The molecule has 2 aromatic rings. The highest BCUT2D eigenvalue weighted by Crippen LogP contribution is 2.46. The normalized spacial score (nSPS) is 28.1. The minimum Gasteiger partial charge on any atom is -0.390 e. The number of fused-ring (bicyclic) bond motifs is 5. The predicted octanol–water partition coefficient (Wildman–Crippen LogP) is 3.94. The van der Waals surface area contributed by atoms with E-state index < -0.39 is 68.1 Å². The summed E-state index contributed by atoms with van der Waals surface area (Å²) in [5.41, 5.74) is 2.33. The zero-order valence-electron chi connectivity index (χ0n) is 29.9. The van der Waals surface area contributed by atoms with E-state index in [0.29, 0.717) is 31.4 Å². The lowest BCUT2D eigenvalue weighted by Crippen LogP contribution is -2.58. The third kappa shape index (κ3) is 7.11. The quantitative estimate of drug-likeness (QED) is 0.256. The Kier molecular flexibility index (Phi) is 9.51. The van der Waals surface area contributed by atoms with Crippen molar-refractivity contribution in [2.24, 2.45) is 16.5 Å². The molecule has 12 nitrogen and oxygen atoms in total. The molecule has 276 valence electrons. The first-order chi connectivity index (χ1) is 24.8. The highest BCUT2D eigenvalue weighted by atomic mass is 32.2. The van der Waals surface area contributed by atoms with Crippen LogP contribution in [0.5, 0.6) is 0 Å². The van der Waals surface area contributed by atoms with Crippen molar-refractivity contribution in [1.82, 2.24) is 20.3 Å². The lowest BCUT2D eigenvalue weighted by Gasteiger charge is -2.31. The van der Waals surface area contributed by atoms with Gasteiger partial charge in [0.15, 0.2) is 0 Å². The SMILES string of the molecule is CC(C)(C)C(=O)N[C@H]1CCCCC/C=C\C2CC2(C(=O)NS(=O)(=O)C2CC2)NC(=O)[C@@H]2C[C@@H](ON=C3c4ccccc4-c4ccccc43)CN2C1=O. The maximum Gasteiger partial charge on any atom is 0.259 e. The maximum atomic E-state index is 14.5.